The highest BCUT2D eigenvalue weighted by molar-refractivity contribution is 14.1. The minimum absolute atomic E-state index is 0.110. The van der Waals surface area contributed by atoms with Crippen LogP contribution in [0.1, 0.15) is 5.56 Å². The largest absolute Gasteiger partial charge is 0.309 e. The maximum absolute atomic E-state index is 12.6. The van der Waals surface area contributed by atoms with Gasteiger partial charge in [-0.05, 0) is 51.7 Å². The Hall–Kier alpha value is -2.58. The molecule has 1 amide bonds. The first-order valence-electron chi connectivity index (χ1n) is 8.70. The van der Waals surface area contributed by atoms with Crippen LogP contribution in [-0.4, -0.2) is 15.9 Å². The average molecular weight is 497 g/mol. The summed E-state index contributed by atoms with van der Waals surface area (Å²) in [5.41, 5.74) is 3.42. The summed E-state index contributed by atoms with van der Waals surface area (Å²) in [6, 6.07) is 21.8. The maximum Gasteiger partial charge on any atom is 0.230 e. The Morgan fingerprint density at radius 2 is 1.79 bits per heavy atom. The molecular weight excluding hydrogens is 481 g/mol. The number of benzene rings is 2. The Labute approximate surface area is 180 Å². The van der Waals surface area contributed by atoms with Gasteiger partial charge in [0, 0.05) is 9.13 Å². The van der Waals surface area contributed by atoms with E-state index in [1.165, 1.54) is 0 Å². The van der Waals surface area contributed by atoms with Crippen LogP contribution in [0.25, 0.3) is 21.8 Å². The molecule has 1 N–H and O–H groups in total. The van der Waals surface area contributed by atoms with Gasteiger partial charge in [-0.25, -0.2) is 9.97 Å². The molecule has 28 heavy (non-hydrogen) atoms. The quantitative estimate of drug-likeness (QED) is 0.362. The highest BCUT2D eigenvalue weighted by Gasteiger charge is 2.15. The van der Waals surface area contributed by atoms with Crippen LogP contribution in [0, 0.1) is 3.57 Å². The Morgan fingerprint density at radius 3 is 2.50 bits per heavy atom. The SMILES string of the molecule is O=C(Cc1ccc(I)cc1)Nc1ncc(-c2ccccc2)nc1-c1cccs1. The number of nitrogens with one attached hydrogen (secondary N) is 1. The predicted octanol–water partition coefficient (Wildman–Crippen LogP) is 5.66. The molecule has 0 unspecified atom stereocenters. The smallest absolute Gasteiger partial charge is 0.230 e. The third kappa shape index (κ3) is 4.45. The van der Waals surface area contributed by atoms with Crippen molar-refractivity contribution in [3.05, 3.63) is 87.4 Å². The Balaban J connectivity index is 1.62. The topological polar surface area (TPSA) is 54.9 Å². The molecule has 0 spiro atoms. The highest BCUT2D eigenvalue weighted by Crippen LogP contribution is 2.30. The minimum Gasteiger partial charge on any atom is -0.309 e. The van der Waals surface area contributed by atoms with Crippen LogP contribution in [0.15, 0.2) is 78.3 Å². The summed E-state index contributed by atoms with van der Waals surface area (Å²) in [6.45, 7) is 0. The van der Waals surface area contributed by atoms with Gasteiger partial charge in [0.1, 0.15) is 5.69 Å². The molecule has 0 atom stereocenters. The molecule has 138 valence electrons. The average Bonchev–Trinajstić information content (AvgIpc) is 3.25. The molecule has 4 aromatic rings. The minimum atomic E-state index is -0.110. The fourth-order valence-electron chi connectivity index (χ4n) is 2.78. The normalized spacial score (nSPS) is 10.6. The van der Waals surface area contributed by atoms with Crippen LogP contribution >= 0.6 is 33.9 Å². The number of anilines is 1. The van der Waals surface area contributed by atoms with Crippen LogP contribution in [0.4, 0.5) is 5.82 Å². The zero-order chi connectivity index (χ0) is 19.3. The lowest BCUT2D eigenvalue weighted by atomic mass is 10.1. The molecule has 2 aromatic carbocycles. The van der Waals surface area contributed by atoms with E-state index >= 15 is 0 Å². The van der Waals surface area contributed by atoms with Gasteiger partial charge in [-0.15, -0.1) is 11.3 Å². The second-order valence-corrected chi connectivity index (χ2v) is 8.34. The van der Waals surface area contributed by atoms with Gasteiger partial charge in [0.25, 0.3) is 0 Å². The van der Waals surface area contributed by atoms with E-state index in [9.17, 15) is 4.79 Å². The standard InChI is InChI=1S/C22H16IN3OS/c23-17-10-8-15(9-11-17)13-20(27)26-22-21(19-7-4-12-28-19)25-18(14-24-22)16-5-2-1-3-6-16/h1-12,14H,13H2,(H,24,26,27). The number of thiophene rings is 1. The molecule has 4 rings (SSSR count). The first-order valence-corrected chi connectivity index (χ1v) is 10.7. The van der Waals surface area contributed by atoms with Gasteiger partial charge >= 0.3 is 0 Å². The van der Waals surface area contributed by atoms with E-state index in [1.807, 2.05) is 72.1 Å². The second kappa shape index (κ2) is 8.62. The number of rotatable bonds is 5. The third-order valence-corrected chi connectivity index (χ3v) is 5.73. The number of aromatic nitrogens is 2. The molecule has 0 aliphatic rings. The summed E-state index contributed by atoms with van der Waals surface area (Å²) >= 11 is 3.82. The van der Waals surface area contributed by atoms with E-state index in [1.54, 1.807) is 17.5 Å². The van der Waals surface area contributed by atoms with Crippen LogP contribution in [-0.2, 0) is 11.2 Å². The predicted molar refractivity (Wildman–Crippen MR) is 122 cm³/mol. The van der Waals surface area contributed by atoms with Gasteiger partial charge in [0.2, 0.25) is 5.91 Å². The first-order chi connectivity index (χ1) is 13.7. The summed E-state index contributed by atoms with van der Waals surface area (Å²) in [7, 11) is 0. The van der Waals surface area contributed by atoms with Gasteiger partial charge in [-0.2, -0.15) is 0 Å². The molecule has 6 heteroatoms. The van der Waals surface area contributed by atoms with E-state index in [0.29, 0.717) is 17.9 Å². The van der Waals surface area contributed by atoms with Gasteiger partial charge in [0.15, 0.2) is 5.82 Å². The lowest BCUT2D eigenvalue weighted by molar-refractivity contribution is -0.115. The molecule has 0 bridgehead atoms. The van der Waals surface area contributed by atoms with Crippen LogP contribution in [0.3, 0.4) is 0 Å². The molecule has 0 aliphatic heterocycles. The number of amides is 1. The van der Waals surface area contributed by atoms with Crippen molar-refractivity contribution in [1.82, 2.24) is 9.97 Å². The first kappa shape index (κ1) is 18.8. The third-order valence-electron chi connectivity index (χ3n) is 4.13. The number of hydrogen-bond acceptors (Lipinski definition) is 4. The molecule has 0 aliphatic carbocycles. The summed E-state index contributed by atoms with van der Waals surface area (Å²) in [4.78, 5) is 22.8. The van der Waals surface area contributed by atoms with Crippen molar-refractivity contribution >= 4 is 45.7 Å². The van der Waals surface area contributed by atoms with Crippen molar-refractivity contribution in [2.75, 3.05) is 5.32 Å². The van der Waals surface area contributed by atoms with E-state index in [2.05, 4.69) is 32.9 Å². The van der Waals surface area contributed by atoms with E-state index < -0.39 is 0 Å². The number of halogens is 1. The number of nitrogens with zero attached hydrogens (tertiary/aromatic N) is 2. The van der Waals surface area contributed by atoms with Gasteiger partial charge in [0.05, 0.1) is 23.2 Å². The van der Waals surface area contributed by atoms with Crippen molar-refractivity contribution in [3.8, 4) is 21.8 Å². The van der Waals surface area contributed by atoms with Crippen molar-refractivity contribution in [3.63, 3.8) is 0 Å². The van der Waals surface area contributed by atoms with Crippen molar-refractivity contribution in [2.24, 2.45) is 0 Å². The van der Waals surface area contributed by atoms with E-state index in [0.717, 1.165) is 25.3 Å². The summed E-state index contributed by atoms with van der Waals surface area (Å²) in [5, 5.41) is 4.92. The monoisotopic (exact) mass is 497 g/mol. The Kier molecular flexibility index (Phi) is 5.78. The summed E-state index contributed by atoms with van der Waals surface area (Å²) in [6.07, 6.45) is 2.00. The lowest BCUT2D eigenvalue weighted by Crippen LogP contribution is -2.16. The zero-order valence-electron chi connectivity index (χ0n) is 14.8. The molecule has 2 heterocycles. The van der Waals surface area contributed by atoms with Gasteiger partial charge < -0.3 is 5.32 Å². The molecular formula is C22H16IN3OS. The van der Waals surface area contributed by atoms with Crippen LogP contribution < -0.4 is 5.32 Å². The zero-order valence-corrected chi connectivity index (χ0v) is 17.8. The molecule has 0 radical (unpaired) electrons. The Bertz CT molecular complexity index is 1080. The number of hydrogen-bond donors (Lipinski definition) is 1. The molecule has 2 aromatic heterocycles. The fraction of sp³-hybridized carbons (Fsp3) is 0.0455. The fourth-order valence-corrected chi connectivity index (χ4v) is 3.85. The number of carbonyl (C=O) groups excluding carboxylic acids is 1. The van der Waals surface area contributed by atoms with Gasteiger partial charge in [-0.3, -0.25) is 4.79 Å². The van der Waals surface area contributed by atoms with E-state index in [-0.39, 0.29) is 5.91 Å². The molecule has 0 saturated carbocycles. The van der Waals surface area contributed by atoms with Crippen molar-refractivity contribution < 1.29 is 4.79 Å². The number of carbonyl (C=O) groups is 1. The van der Waals surface area contributed by atoms with E-state index in [4.69, 9.17) is 4.98 Å². The van der Waals surface area contributed by atoms with Crippen molar-refractivity contribution in [2.45, 2.75) is 6.42 Å². The van der Waals surface area contributed by atoms with Gasteiger partial charge in [-0.1, -0.05) is 48.5 Å². The van der Waals surface area contributed by atoms with Crippen LogP contribution in [0.2, 0.25) is 0 Å². The molecule has 0 fully saturated rings. The van der Waals surface area contributed by atoms with Crippen LogP contribution in [0.5, 0.6) is 0 Å². The summed E-state index contributed by atoms with van der Waals surface area (Å²) in [5.74, 6) is 0.374. The summed E-state index contributed by atoms with van der Waals surface area (Å²) < 4.78 is 1.14. The second-order valence-electron chi connectivity index (χ2n) is 6.15. The molecule has 4 nitrogen and oxygen atoms in total. The van der Waals surface area contributed by atoms with Crippen molar-refractivity contribution in [1.29, 1.82) is 0 Å². The Morgan fingerprint density at radius 1 is 1.00 bits per heavy atom. The molecule has 0 saturated heterocycles. The maximum atomic E-state index is 12.6. The highest BCUT2D eigenvalue weighted by atomic mass is 127. The lowest BCUT2D eigenvalue weighted by Gasteiger charge is -2.11.